The van der Waals surface area contributed by atoms with Crippen LogP contribution in [0.3, 0.4) is 0 Å². The topological polar surface area (TPSA) is 49.8 Å². The van der Waals surface area contributed by atoms with Gasteiger partial charge in [0.1, 0.15) is 11.6 Å². The van der Waals surface area contributed by atoms with Crippen molar-refractivity contribution in [1.82, 2.24) is 4.90 Å². The summed E-state index contributed by atoms with van der Waals surface area (Å²) in [6.07, 6.45) is 4.40. The Morgan fingerprint density at radius 1 is 1.43 bits per heavy atom. The molecule has 1 heterocycles. The molecular weight excluding hydrogens is 321 g/mol. The van der Waals surface area contributed by atoms with Crippen molar-refractivity contribution in [2.24, 2.45) is 5.41 Å². The van der Waals surface area contributed by atoms with E-state index in [1.165, 1.54) is 18.2 Å². The number of piperidine rings is 1. The number of hydrogen-bond acceptors (Lipinski definition) is 3. The van der Waals surface area contributed by atoms with Crippen LogP contribution in [0.25, 0.3) is 0 Å². The van der Waals surface area contributed by atoms with Crippen molar-refractivity contribution in [2.45, 2.75) is 38.2 Å². The van der Waals surface area contributed by atoms with E-state index in [-0.39, 0.29) is 29.1 Å². The number of halogens is 2. The number of likely N-dealkylation sites (tertiary alicyclic amines) is 1. The highest BCUT2D eigenvalue weighted by molar-refractivity contribution is 6.30. The van der Waals surface area contributed by atoms with Gasteiger partial charge in [0, 0.05) is 24.6 Å². The molecule has 1 aliphatic heterocycles. The van der Waals surface area contributed by atoms with Crippen molar-refractivity contribution in [2.75, 3.05) is 19.7 Å². The molecular formula is C17H21ClFNO3. The summed E-state index contributed by atoms with van der Waals surface area (Å²) >= 11 is 5.70. The van der Waals surface area contributed by atoms with Gasteiger partial charge in [0.15, 0.2) is 6.61 Å². The maximum Gasteiger partial charge on any atom is 0.260 e. The molecule has 0 aromatic heterocycles. The summed E-state index contributed by atoms with van der Waals surface area (Å²) in [7, 11) is 0. The summed E-state index contributed by atoms with van der Waals surface area (Å²) in [6, 6.07) is 4.03. The van der Waals surface area contributed by atoms with Gasteiger partial charge in [-0.3, -0.25) is 4.79 Å². The maximum atomic E-state index is 13.1. The SMILES string of the molecule is O=C(COc1ccc(F)c(Cl)c1)N1CCC[C@]2(CCC[C@H]2O)C1. The zero-order chi connectivity index (χ0) is 16.4. The number of rotatable bonds is 3. The van der Waals surface area contributed by atoms with Crippen molar-refractivity contribution in [3.05, 3.63) is 29.0 Å². The molecule has 3 rings (SSSR count). The minimum absolute atomic E-state index is 0.0269. The molecule has 2 fully saturated rings. The molecule has 0 unspecified atom stereocenters. The Hall–Kier alpha value is -1.33. The van der Waals surface area contributed by atoms with Crippen molar-refractivity contribution in [3.8, 4) is 5.75 Å². The fourth-order valence-electron chi connectivity index (χ4n) is 3.77. The summed E-state index contributed by atoms with van der Waals surface area (Å²) in [5, 5.41) is 10.2. The van der Waals surface area contributed by atoms with Gasteiger partial charge in [-0.15, -0.1) is 0 Å². The Labute approximate surface area is 140 Å². The Balaban J connectivity index is 1.58. The quantitative estimate of drug-likeness (QED) is 0.919. The molecule has 6 heteroatoms. The average molecular weight is 342 g/mol. The largest absolute Gasteiger partial charge is 0.484 e. The first kappa shape index (κ1) is 16.5. The summed E-state index contributed by atoms with van der Waals surface area (Å²) in [5.41, 5.74) is -0.132. The van der Waals surface area contributed by atoms with E-state index in [1.807, 2.05) is 0 Å². The van der Waals surface area contributed by atoms with Crippen LogP contribution >= 0.6 is 11.6 Å². The number of carbonyl (C=O) groups is 1. The van der Waals surface area contributed by atoms with Crippen molar-refractivity contribution >= 4 is 17.5 Å². The second-order valence-electron chi connectivity index (χ2n) is 6.55. The van der Waals surface area contributed by atoms with Gasteiger partial charge in [0.05, 0.1) is 11.1 Å². The van der Waals surface area contributed by atoms with Gasteiger partial charge in [-0.2, -0.15) is 0 Å². The summed E-state index contributed by atoms with van der Waals surface area (Å²) in [5.74, 6) is -0.250. The molecule has 1 aromatic carbocycles. The van der Waals surface area contributed by atoms with Crippen LogP contribution < -0.4 is 4.74 Å². The molecule has 1 saturated heterocycles. The molecule has 23 heavy (non-hydrogen) atoms. The molecule has 4 nitrogen and oxygen atoms in total. The van der Waals surface area contributed by atoms with Gasteiger partial charge < -0.3 is 14.7 Å². The fraction of sp³-hybridized carbons (Fsp3) is 0.588. The van der Waals surface area contributed by atoms with Gasteiger partial charge in [-0.1, -0.05) is 18.0 Å². The second kappa shape index (κ2) is 6.65. The molecule has 126 valence electrons. The van der Waals surface area contributed by atoms with Crippen LogP contribution in [-0.2, 0) is 4.79 Å². The second-order valence-corrected chi connectivity index (χ2v) is 6.96. The predicted octanol–water partition coefficient (Wildman–Crippen LogP) is 3.01. The fourth-order valence-corrected chi connectivity index (χ4v) is 3.94. The molecule has 0 bridgehead atoms. The van der Waals surface area contributed by atoms with Crippen LogP contribution in [0.1, 0.15) is 32.1 Å². The van der Waals surface area contributed by atoms with Crippen molar-refractivity contribution in [1.29, 1.82) is 0 Å². The maximum absolute atomic E-state index is 13.1. The first-order valence-electron chi connectivity index (χ1n) is 8.04. The van der Waals surface area contributed by atoms with Gasteiger partial charge in [-0.05, 0) is 37.8 Å². The van der Waals surface area contributed by atoms with E-state index in [4.69, 9.17) is 16.3 Å². The lowest BCUT2D eigenvalue weighted by molar-refractivity contribution is -0.138. The molecule has 2 aliphatic rings. The number of amides is 1. The number of carbonyl (C=O) groups excluding carboxylic acids is 1. The van der Waals surface area contributed by atoms with Gasteiger partial charge >= 0.3 is 0 Å². The molecule has 2 atom stereocenters. The van der Waals surface area contributed by atoms with Crippen LogP contribution in [0.5, 0.6) is 5.75 Å². The van der Waals surface area contributed by atoms with E-state index in [0.717, 1.165) is 32.1 Å². The number of benzene rings is 1. The zero-order valence-corrected chi connectivity index (χ0v) is 13.7. The average Bonchev–Trinajstić information content (AvgIpc) is 2.88. The lowest BCUT2D eigenvalue weighted by atomic mass is 9.76. The van der Waals surface area contributed by atoms with E-state index < -0.39 is 5.82 Å². The Bertz CT molecular complexity index is 597. The van der Waals surface area contributed by atoms with Crippen LogP contribution in [0.15, 0.2) is 18.2 Å². The van der Waals surface area contributed by atoms with Crippen molar-refractivity contribution in [3.63, 3.8) is 0 Å². The standard InChI is InChI=1S/C17H21ClFNO3/c18-13-9-12(4-5-14(13)19)23-10-16(22)20-8-2-7-17(11-20)6-1-3-15(17)21/h4-5,9,15,21H,1-3,6-8,10-11H2/t15-,17-/m1/s1. The highest BCUT2D eigenvalue weighted by Gasteiger charge is 2.45. The third-order valence-corrected chi connectivity index (χ3v) is 5.36. The predicted molar refractivity (Wildman–Crippen MR) is 85.0 cm³/mol. The van der Waals surface area contributed by atoms with E-state index in [2.05, 4.69) is 0 Å². The van der Waals surface area contributed by atoms with Crippen LogP contribution in [-0.4, -0.2) is 41.7 Å². The van der Waals surface area contributed by atoms with E-state index in [9.17, 15) is 14.3 Å². The monoisotopic (exact) mass is 341 g/mol. The number of aliphatic hydroxyl groups excluding tert-OH is 1. The third kappa shape index (κ3) is 3.45. The summed E-state index contributed by atoms with van der Waals surface area (Å²) in [4.78, 5) is 14.2. The first-order chi connectivity index (χ1) is 11.0. The highest BCUT2D eigenvalue weighted by Crippen LogP contribution is 2.45. The Morgan fingerprint density at radius 2 is 2.22 bits per heavy atom. The normalized spacial score (nSPS) is 27.4. The molecule has 1 amide bonds. The zero-order valence-electron chi connectivity index (χ0n) is 12.9. The lowest BCUT2D eigenvalue weighted by Gasteiger charge is -2.42. The van der Waals surface area contributed by atoms with E-state index >= 15 is 0 Å². The van der Waals surface area contributed by atoms with Gasteiger partial charge in [0.25, 0.3) is 5.91 Å². The van der Waals surface area contributed by atoms with Crippen LogP contribution in [0.2, 0.25) is 5.02 Å². The van der Waals surface area contributed by atoms with Gasteiger partial charge in [0.2, 0.25) is 0 Å². The number of aliphatic hydroxyl groups is 1. The molecule has 1 aromatic rings. The summed E-state index contributed by atoms with van der Waals surface area (Å²) < 4.78 is 18.5. The number of ether oxygens (including phenoxy) is 1. The molecule has 1 N–H and O–H groups in total. The van der Waals surface area contributed by atoms with Gasteiger partial charge in [-0.25, -0.2) is 4.39 Å². The smallest absolute Gasteiger partial charge is 0.260 e. The summed E-state index contributed by atoms with van der Waals surface area (Å²) in [6.45, 7) is 1.19. The first-order valence-corrected chi connectivity index (χ1v) is 8.42. The third-order valence-electron chi connectivity index (χ3n) is 5.07. The van der Waals surface area contributed by atoms with E-state index in [1.54, 1.807) is 4.90 Å². The minimum Gasteiger partial charge on any atom is -0.484 e. The van der Waals surface area contributed by atoms with Crippen LogP contribution in [0, 0.1) is 11.2 Å². The molecule has 1 aliphatic carbocycles. The molecule has 1 spiro atoms. The lowest BCUT2D eigenvalue weighted by Crippen LogP contribution is -2.50. The number of nitrogens with zero attached hydrogens (tertiary/aromatic N) is 1. The molecule has 1 saturated carbocycles. The van der Waals surface area contributed by atoms with Crippen LogP contribution in [0.4, 0.5) is 4.39 Å². The molecule has 0 radical (unpaired) electrons. The Morgan fingerprint density at radius 3 is 2.91 bits per heavy atom. The highest BCUT2D eigenvalue weighted by atomic mass is 35.5. The Kier molecular flexibility index (Phi) is 4.78. The van der Waals surface area contributed by atoms with E-state index in [0.29, 0.717) is 18.8 Å². The number of hydrogen-bond donors (Lipinski definition) is 1. The van der Waals surface area contributed by atoms with Crippen molar-refractivity contribution < 1.29 is 19.0 Å². The minimum atomic E-state index is -0.515.